The van der Waals surface area contributed by atoms with Gasteiger partial charge in [-0.15, -0.1) is 11.3 Å². The van der Waals surface area contributed by atoms with Gasteiger partial charge >= 0.3 is 0 Å². The van der Waals surface area contributed by atoms with E-state index in [0.717, 1.165) is 16.5 Å². The van der Waals surface area contributed by atoms with E-state index in [0.29, 0.717) is 0 Å². The smallest absolute Gasteiger partial charge is 0.148 e. The molecular formula is C11H16N4S. The number of hydrogen-bond acceptors (Lipinski definition) is 4. The Kier molecular flexibility index (Phi) is 2.96. The van der Waals surface area contributed by atoms with Crippen LogP contribution in [0.2, 0.25) is 0 Å². The van der Waals surface area contributed by atoms with Crippen LogP contribution < -0.4 is 5.32 Å². The zero-order valence-corrected chi connectivity index (χ0v) is 10.8. The summed E-state index contributed by atoms with van der Waals surface area (Å²) >= 11 is 1.74. The lowest BCUT2D eigenvalue weighted by molar-refractivity contribution is 0.755. The Labute approximate surface area is 99.3 Å². The zero-order chi connectivity index (χ0) is 11.7. The van der Waals surface area contributed by atoms with E-state index >= 15 is 0 Å². The largest absolute Gasteiger partial charge is 0.360 e. The van der Waals surface area contributed by atoms with Crippen LogP contribution in [-0.2, 0) is 7.05 Å². The predicted octanol–water partition coefficient (Wildman–Crippen LogP) is 2.67. The van der Waals surface area contributed by atoms with Crippen LogP contribution in [0.1, 0.15) is 28.5 Å². The molecule has 1 atom stereocenters. The first kappa shape index (κ1) is 11.1. The Morgan fingerprint density at radius 3 is 2.69 bits per heavy atom. The van der Waals surface area contributed by atoms with E-state index in [-0.39, 0.29) is 6.04 Å². The third-order valence-electron chi connectivity index (χ3n) is 2.43. The summed E-state index contributed by atoms with van der Waals surface area (Å²) in [6, 6.07) is 2.16. The maximum absolute atomic E-state index is 4.53. The molecule has 2 rings (SSSR count). The molecule has 2 heterocycles. The normalized spacial score (nSPS) is 12.8. The number of aromatic nitrogens is 3. The van der Waals surface area contributed by atoms with Crippen LogP contribution in [0.4, 0.5) is 5.82 Å². The first-order chi connectivity index (χ1) is 7.56. The maximum atomic E-state index is 4.53. The topological polar surface area (TPSA) is 42.7 Å². The van der Waals surface area contributed by atoms with E-state index in [1.165, 1.54) is 4.88 Å². The van der Waals surface area contributed by atoms with Gasteiger partial charge in [-0.3, -0.25) is 4.68 Å². The molecule has 5 heteroatoms. The summed E-state index contributed by atoms with van der Waals surface area (Å²) in [5.74, 6) is 0.889. The van der Waals surface area contributed by atoms with Gasteiger partial charge in [0.15, 0.2) is 0 Å². The summed E-state index contributed by atoms with van der Waals surface area (Å²) in [4.78, 5) is 5.81. The highest BCUT2D eigenvalue weighted by atomic mass is 32.1. The zero-order valence-electron chi connectivity index (χ0n) is 9.98. The van der Waals surface area contributed by atoms with Crippen molar-refractivity contribution < 1.29 is 0 Å². The summed E-state index contributed by atoms with van der Waals surface area (Å²) in [5.41, 5.74) is 1.12. The first-order valence-electron chi connectivity index (χ1n) is 5.26. The molecule has 1 N–H and O–H groups in total. The molecule has 1 unspecified atom stereocenters. The van der Waals surface area contributed by atoms with E-state index < -0.39 is 0 Å². The average molecular weight is 236 g/mol. The monoisotopic (exact) mass is 236 g/mol. The Hall–Kier alpha value is -1.36. The Morgan fingerprint density at radius 2 is 2.19 bits per heavy atom. The minimum Gasteiger partial charge on any atom is -0.360 e. The van der Waals surface area contributed by atoms with Crippen molar-refractivity contribution in [1.82, 2.24) is 14.8 Å². The van der Waals surface area contributed by atoms with E-state index in [2.05, 4.69) is 29.2 Å². The molecule has 0 aliphatic carbocycles. The van der Waals surface area contributed by atoms with Crippen LogP contribution in [0.5, 0.6) is 0 Å². The number of nitrogens with zero attached hydrogens (tertiary/aromatic N) is 3. The minimum absolute atomic E-state index is 0.194. The van der Waals surface area contributed by atoms with Gasteiger partial charge in [-0.25, -0.2) is 4.98 Å². The van der Waals surface area contributed by atoms with Crippen molar-refractivity contribution in [3.8, 4) is 0 Å². The van der Waals surface area contributed by atoms with Crippen molar-refractivity contribution in [2.45, 2.75) is 26.8 Å². The third kappa shape index (κ3) is 2.24. The second kappa shape index (κ2) is 4.25. The predicted molar refractivity (Wildman–Crippen MR) is 66.8 cm³/mol. The van der Waals surface area contributed by atoms with Crippen molar-refractivity contribution in [2.75, 3.05) is 5.32 Å². The van der Waals surface area contributed by atoms with Crippen LogP contribution in [0.3, 0.4) is 0 Å². The van der Waals surface area contributed by atoms with Crippen LogP contribution >= 0.6 is 11.3 Å². The second-order valence-electron chi connectivity index (χ2n) is 3.91. The summed E-state index contributed by atoms with van der Waals surface area (Å²) < 4.78 is 1.79. The highest BCUT2D eigenvalue weighted by molar-refractivity contribution is 7.11. The fourth-order valence-corrected chi connectivity index (χ4v) is 2.64. The summed E-state index contributed by atoms with van der Waals surface area (Å²) in [7, 11) is 1.91. The van der Waals surface area contributed by atoms with Gasteiger partial charge in [-0.2, -0.15) is 5.10 Å². The number of anilines is 1. The van der Waals surface area contributed by atoms with E-state index in [9.17, 15) is 0 Å². The van der Waals surface area contributed by atoms with Gasteiger partial charge in [0.1, 0.15) is 5.82 Å². The molecule has 0 spiro atoms. The molecule has 0 aromatic carbocycles. The Bertz CT molecular complexity index is 486. The molecule has 0 aliphatic rings. The summed E-state index contributed by atoms with van der Waals surface area (Å²) in [6.45, 7) is 6.25. The number of hydrogen-bond donors (Lipinski definition) is 1. The molecule has 0 radical (unpaired) electrons. The van der Waals surface area contributed by atoms with Crippen molar-refractivity contribution in [3.63, 3.8) is 0 Å². The average Bonchev–Trinajstić information content (AvgIpc) is 2.73. The molecule has 0 aliphatic heterocycles. The lowest BCUT2D eigenvalue weighted by atomic mass is 10.2. The fourth-order valence-electron chi connectivity index (χ4n) is 1.73. The maximum Gasteiger partial charge on any atom is 0.148 e. The number of nitrogens with one attached hydrogen (secondary N) is 1. The highest BCUT2D eigenvalue weighted by Crippen LogP contribution is 2.24. The minimum atomic E-state index is 0.194. The number of aryl methyl sites for hydroxylation is 3. The van der Waals surface area contributed by atoms with Crippen molar-refractivity contribution in [2.24, 2.45) is 7.05 Å². The molecule has 0 saturated carbocycles. The lowest BCUT2D eigenvalue weighted by Crippen LogP contribution is -2.09. The highest BCUT2D eigenvalue weighted by Gasteiger charge is 2.13. The van der Waals surface area contributed by atoms with Gasteiger partial charge in [-0.1, -0.05) is 0 Å². The molecule has 0 bridgehead atoms. The van der Waals surface area contributed by atoms with Crippen LogP contribution in [0, 0.1) is 13.8 Å². The SMILES string of the molecule is Cc1nc(C(C)Nc2ccn(C)n2)c(C)s1. The third-order valence-corrected chi connectivity index (χ3v) is 3.33. The number of thiazole rings is 1. The number of rotatable bonds is 3. The second-order valence-corrected chi connectivity index (χ2v) is 5.32. The van der Waals surface area contributed by atoms with Crippen LogP contribution in [0.25, 0.3) is 0 Å². The van der Waals surface area contributed by atoms with Crippen LogP contribution in [0.15, 0.2) is 12.3 Å². The summed E-state index contributed by atoms with van der Waals surface area (Å²) in [6.07, 6.45) is 1.92. The molecular weight excluding hydrogens is 220 g/mol. The van der Waals surface area contributed by atoms with E-state index in [4.69, 9.17) is 0 Å². The van der Waals surface area contributed by atoms with Gasteiger partial charge in [0.25, 0.3) is 0 Å². The quantitative estimate of drug-likeness (QED) is 0.891. The van der Waals surface area contributed by atoms with Crippen molar-refractivity contribution in [3.05, 3.63) is 27.8 Å². The Balaban J connectivity index is 2.14. The molecule has 86 valence electrons. The van der Waals surface area contributed by atoms with E-state index in [1.54, 1.807) is 16.0 Å². The molecule has 0 fully saturated rings. The standard InChI is InChI=1S/C11H16N4S/c1-7(11-8(2)16-9(3)13-11)12-10-5-6-15(4)14-10/h5-7H,1-4H3,(H,12,14). The summed E-state index contributed by atoms with van der Waals surface area (Å²) in [5, 5.41) is 8.75. The Morgan fingerprint density at radius 1 is 1.44 bits per heavy atom. The van der Waals surface area contributed by atoms with Gasteiger partial charge < -0.3 is 5.32 Å². The molecule has 4 nitrogen and oxygen atoms in total. The van der Waals surface area contributed by atoms with Crippen molar-refractivity contribution >= 4 is 17.2 Å². The van der Waals surface area contributed by atoms with Gasteiger partial charge in [0, 0.05) is 24.2 Å². The van der Waals surface area contributed by atoms with E-state index in [1.807, 2.05) is 26.2 Å². The first-order valence-corrected chi connectivity index (χ1v) is 6.08. The lowest BCUT2D eigenvalue weighted by Gasteiger charge is -2.11. The van der Waals surface area contributed by atoms with Crippen LogP contribution in [-0.4, -0.2) is 14.8 Å². The molecule has 2 aromatic heterocycles. The fraction of sp³-hybridized carbons (Fsp3) is 0.455. The van der Waals surface area contributed by atoms with Gasteiger partial charge in [0.05, 0.1) is 16.7 Å². The van der Waals surface area contributed by atoms with Gasteiger partial charge in [0.2, 0.25) is 0 Å². The molecule has 0 amide bonds. The van der Waals surface area contributed by atoms with Crippen molar-refractivity contribution in [1.29, 1.82) is 0 Å². The molecule has 0 saturated heterocycles. The van der Waals surface area contributed by atoms with Gasteiger partial charge in [-0.05, 0) is 20.8 Å². The molecule has 2 aromatic rings. The molecule has 16 heavy (non-hydrogen) atoms.